The number of nitrogens with two attached hydrogens (primary N) is 1. The molecule has 0 radical (unpaired) electrons. The first kappa shape index (κ1) is 11.8. The third-order valence-corrected chi connectivity index (χ3v) is 2.46. The van der Waals surface area contributed by atoms with Crippen LogP contribution in [0.25, 0.3) is 0 Å². The van der Waals surface area contributed by atoms with Crippen LogP contribution in [-0.4, -0.2) is 5.84 Å². The Labute approximate surface area is 92.2 Å². The van der Waals surface area contributed by atoms with Gasteiger partial charge in [0.2, 0.25) is 0 Å². The van der Waals surface area contributed by atoms with Crippen LogP contribution in [0, 0.1) is 0 Å². The van der Waals surface area contributed by atoms with Crippen molar-refractivity contribution in [1.29, 1.82) is 0 Å². The molecular formula is C13H20N2. The molecule has 1 aromatic carbocycles. The first-order valence-corrected chi connectivity index (χ1v) is 5.63. The highest BCUT2D eigenvalue weighted by atomic mass is 14.8. The zero-order valence-electron chi connectivity index (χ0n) is 9.66. The predicted molar refractivity (Wildman–Crippen MR) is 66.1 cm³/mol. The number of aliphatic imine (C=N–C) groups is 1. The number of nitrogens with zero attached hydrogens (tertiary/aromatic N) is 1. The number of hydrogen-bond donors (Lipinski definition) is 1. The van der Waals surface area contributed by atoms with Crippen molar-refractivity contribution in [3.8, 4) is 0 Å². The Hall–Kier alpha value is -1.31. The number of hydrogen-bond acceptors (Lipinski definition) is 1. The van der Waals surface area contributed by atoms with E-state index in [1.54, 1.807) is 0 Å². The second-order valence-electron chi connectivity index (χ2n) is 3.68. The Morgan fingerprint density at radius 3 is 2.47 bits per heavy atom. The Bertz CT molecular complexity index is 329. The van der Waals surface area contributed by atoms with E-state index >= 15 is 0 Å². The molecule has 1 rings (SSSR count). The third kappa shape index (κ3) is 3.74. The quantitative estimate of drug-likeness (QED) is 0.581. The zero-order chi connectivity index (χ0) is 11.1. The van der Waals surface area contributed by atoms with E-state index in [2.05, 4.69) is 43.1 Å². The highest BCUT2D eigenvalue weighted by Gasteiger charge is 1.98. The van der Waals surface area contributed by atoms with Crippen LogP contribution in [0.4, 0.5) is 0 Å². The second kappa shape index (κ2) is 6.23. The van der Waals surface area contributed by atoms with Gasteiger partial charge in [-0.05, 0) is 24.0 Å². The summed E-state index contributed by atoms with van der Waals surface area (Å²) in [4.78, 5) is 4.39. The van der Waals surface area contributed by atoms with Crippen molar-refractivity contribution in [2.45, 2.75) is 39.7 Å². The van der Waals surface area contributed by atoms with Crippen LogP contribution in [0.2, 0.25) is 0 Å². The fourth-order valence-corrected chi connectivity index (χ4v) is 1.58. The van der Waals surface area contributed by atoms with Crippen molar-refractivity contribution in [2.24, 2.45) is 10.7 Å². The molecule has 15 heavy (non-hydrogen) atoms. The third-order valence-electron chi connectivity index (χ3n) is 2.46. The molecular weight excluding hydrogens is 184 g/mol. The molecule has 0 fully saturated rings. The molecule has 0 spiro atoms. The molecule has 0 heterocycles. The standard InChI is InChI=1S/C13H20N2/c1-3-7-13(14)15-10-12-9-6-5-8-11(12)4-2/h5-6,8-9H,3-4,7,10H2,1-2H3,(H2,14,15). The van der Waals surface area contributed by atoms with E-state index in [4.69, 9.17) is 5.73 Å². The average Bonchev–Trinajstić information content (AvgIpc) is 2.27. The molecule has 1 aromatic rings. The molecule has 82 valence electrons. The van der Waals surface area contributed by atoms with Crippen LogP contribution in [0.1, 0.15) is 37.8 Å². The van der Waals surface area contributed by atoms with Crippen molar-refractivity contribution in [1.82, 2.24) is 0 Å². The molecule has 0 aliphatic carbocycles. The molecule has 0 aliphatic heterocycles. The maximum absolute atomic E-state index is 5.77. The van der Waals surface area contributed by atoms with Gasteiger partial charge in [0.25, 0.3) is 0 Å². The predicted octanol–water partition coefficient (Wildman–Crippen LogP) is 2.91. The minimum Gasteiger partial charge on any atom is -0.387 e. The zero-order valence-corrected chi connectivity index (χ0v) is 9.66. The van der Waals surface area contributed by atoms with Gasteiger partial charge in [0.1, 0.15) is 0 Å². The number of benzene rings is 1. The van der Waals surface area contributed by atoms with E-state index < -0.39 is 0 Å². The normalized spacial score (nSPS) is 11.7. The molecule has 2 N–H and O–H groups in total. The SMILES string of the molecule is CCCC(N)=NCc1ccccc1CC. The Balaban J connectivity index is 2.68. The van der Waals surface area contributed by atoms with E-state index in [0.717, 1.165) is 31.6 Å². The highest BCUT2D eigenvalue weighted by Crippen LogP contribution is 2.10. The first-order valence-electron chi connectivity index (χ1n) is 5.63. The van der Waals surface area contributed by atoms with Gasteiger partial charge in [0, 0.05) is 6.42 Å². The Morgan fingerprint density at radius 1 is 1.20 bits per heavy atom. The monoisotopic (exact) mass is 204 g/mol. The number of rotatable bonds is 5. The van der Waals surface area contributed by atoms with Gasteiger partial charge < -0.3 is 5.73 Å². The average molecular weight is 204 g/mol. The molecule has 2 heteroatoms. The van der Waals surface area contributed by atoms with Crippen LogP contribution < -0.4 is 5.73 Å². The van der Waals surface area contributed by atoms with Crippen molar-refractivity contribution in [3.05, 3.63) is 35.4 Å². The minimum absolute atomic E-state index is 0.718. The molecule has 0 aromatic heterocycles. The molecule has 0 unspecified atom stereocenters. The van der Waals surface area contributed by atoms with Gasteiger partial charge in [-0.3, -0.25) is 4.99 Å². The lowest BCUT2D eigenvalue weighted by Crippen LogP contribution is -2.11. The number of amidine groups is 1. The van der Waals surface area contributed by atoms with Crippen LogP contribution in [0.5, 0.6) is 0 Å². The molecule has 0 bridgehead atoms. The maximum Gasteiger partial charge on any atom is 0.0941 e. The Morgan fingerprint density at radius 2 is 1.87 bits per heavy atom. The summed E-state index contributed by atoms with van der Waals surface area (Å²) in [6, 6.07) is 8.41. The van der Waals surface area contributed by atoms with E-state index in [0.29, 0.717) is 0 Å². The van der Waals surface area contributed by atoms with Crippen LogP contribution in [-0.2, 0) is 13.0 Å². The van der Waals surface area contributed by atoms with Crippen molar-refractivity contribution >= 4 is 5.84 Å². The van der Waals surface area contributed by atoms with Crippen LogP contribution in [0.3, 0.4) is 0 Å². The van der Waals surface area contributed by atoms with Crippen molar-refractivity contribution in [2.75, 3.05) is 0 Å². The summed E-state index contributed by atoms with van der Waals surface area (Å²) in [7, 11) is 0. The summed E-state index contributed by atoms with van der Waals surface area (Å²) < 4.78 is 0. The molecule has 0 aliphatic rings. The van der Waals surface area contributed by atoms with Gasteiger partial charge in [-0.2, -0.15) is 0 Å². The van der Waals surface area contributed by atoms with E-state index in [1.165, 1.54) is 11.1 Å². The van der Waals surface area contributed by atoms with Gasteiger partial charge in [-0.15, -0.1) is 0 Å². The van der Waals surface area contributed by atoms with Gasteiger partial charge in [0.15, 0.2) is 0 Å². The summed E-state index contributed by atoms with van der Waals surface area (Å²) in [5.74, 6) is 0.767. The van der Waals surface area contributed by atoms with Gasteiger partial charge in [-0.1, -0.05) is 38.1 Å². The first-order chi connectivity index (χ1) is 7.27. The summed E-state index contributed by atoms with van der Waals surface area (Å²) in [6.45, 7) is 5.00. The van der Waals surface area contributed by atoms with Crippen molar-refractivity contribution in [3.63, 3.8) is 0 Å². The smallest absolute Gasteiger partial charge is 0.0941 e. The lowest BCUT2D eigenvalue weighted by atomic mass is 10.1. The fraction of sp³-hybridized carbons (Fsp3) is 0.462. The maximum atomic E-state index is 5.77. The highest BCUT2D eigenvalue weighted by molar-refractivity contribution is 5.80. The summed E-state index contributed by atoms with van der Waals surface area (Å²) in [6.07, 6.45) is 3.01. The lowest BCUT2D eigenvalue weighted by molar-refractivity contribution is 0.943. The van der Waals surface area contributed by atoms with E-state index in [-0.39, 0.29) is 0 Å². The van der Waals surface area contributed by atoms with Crippen LogP contribution in [0.15, 0.2) is 29.3 Å². The molecule has 0 saturated carbocycles. The lowest BCUT2D eigenvalue weighted by Gasteiger charge is -2.05. The van der Waals surface area contributed by atoms with E-state index in [9.17, 15) is 0 Å². The second-order valence-corrected chi connectivity index (χ2v) is 3.68. The van der Waals surface area contributed by atoms with Gasteiger partial charge in [-0.25, -0.2) is 0 Å². The topological polar surface area (TPSA) is 38.4 Å². The summed E-state index contributed by atoms with van der Waals surface area (Å²) >= 11 is 0. The van der Waals surface area contributed by atoms with Crippen LogP contribution >= 0.6 is 0 Å². The summed E-state index contributed by atoms with van der Waals surface area (Å²) in [5, 5.41) is 0. The molecule has 0 atom stereocenters. The molecule has 2 nitrogen and oxygen atoms in total. The van der Waals surface area contributed by atoms with Gasteiger partial charge in [0.05, 0.1) is 12.4 Å². The van der Waals surface area contributed by atoms with Crippen molar-refractivity contribution < 1.29 is 0 Å². The largest absolute Gasteiger partial charge is 0.387 e. The Kier molecular flexibility index (Phi) is 4.88. The summed E-state index contributed by atoms with van der Waals surface area (Å²) in [5.41, 5.74) is 8.43. The van der Waals surface area contributed by atoms with Gasteiger partial charge >= 0.3 is 0 Å². The molecule has 0 amide bonds. The fourth-order valence-electron chi connectivity index (χ4n) is 1.58. The minimum atomic E-state index is 0.718. The van der Waals surface area contributed by atoms with E-state index in [1.807, 2.05) is 0 Å². The number of aryl methyl sites for hydroxylation is 1. The molecule has 0 saturated heterocycles.